The summed E-state index contributed by atoms with van der Waals surface area (Å²) in [5, 5.41) is 9.96. The summed E-state index contributed by atoms with van der Waals surface area (Å²) in [6.07, 6.45) is 0.650. The van der Waals surface area contributed by atoms with Crippen LogP contribution >= 0.6 is 22.7 Å². The standard InChI is InChI=1S/C18H24N4O3S2/c1-12-8-22(9-13(2)25-12)10-14-11-27-18(20-14)21-16(23)5-6-19-17(24)15-4-3-7-26-15/h3-4,7,11-13H,5-6,8-10H2,1-2H3,(H,19,24)(H,20,21,23)/t12-,13-/m0/s1. The van der Waals surface area contributed by atoms with Crippen molar-refractivity contribution in [1.82, 2.24) is 15.2 Å². The number of thiophene rings is 1. The lowest BCUT2D eigenvalue weighted by molar-refractivity contribution is -0.116. The number of anilines is 1. The number of morpholine rings is 1. The Bertz CT molecular complexity index is 753. The summed E-state index contributed by atoms with van der Waals surface area (Å²) in [4.78, 5) is 31.3. The second kappa shape index (κ2) is 9.41. The monoisotopic (exact) mass is 408 g/mol. The smallest absolute Gasteiger partial charge is 0.261 e. The second-order valence-electron chi connectivity index (χ2n) is 6.63. The van der Waals surface area contributed by atoms with Gasteiger partial charge in [0.25, 0.3) is 5.91 Å². The molecule has 0 radical (unpaired) electrons. The van der Waals surface area contributed by atoms with E-state index in [1.807, 2.05) is 16.8 Å². The molecule has 1 fully saturated rings. The Labute approximate surface area is 166 Å². The van der Waals surface area contributed by atoms with Gasteiger partial charge >= 0.3 is 0 Å². The quantitative estimate of drug-likeness (QED) is 0.736. The highest BCUT2D eigenvalue weighted by molar-refractivity contribution is 7.14. The van der Waals surface area contributed by atoms with Crippen molar-refractivity contribution >= 4 is 39.6 Å². The van der Waals surface area contributed by atoms with Gasteiger partial charge < -0.3 is 15.4 Å². The average Bonchev–Trinajstić information content (AvgIpc) is 3.26. The molecule has 2 N–H and O–H groups in total. The van der Waals surface area contributed by atoms with Gasteiger partial charge in [0.05, 0.1) is 22.8 Å². The van der Waals surface area contributed by atoms with Crippen molar-refractivity contribution in [3.05, 3.63) is 33.5 Å². The van der Waals surface area contributed by atoms with Gasteiger partial charge in [-0.2, -0.15) is 0 Å². The lowest BCUT2D eigenvalue weighted by Gasteiger charge is -2.34. The Morgan fingerprint density at radius 2 is 2.07 bits per heavy atom. The molecule has 0 unspecified atom stereocenters. The van der Waals surface area contributed by atoms with Gasteiger partial charge in [0, 0.05) is 38.0 Å². The molecule has 7 nitrogen and oxygen atoms in total. The molecule has 0 bridgehead atoms. The maximum Gasteiger partial charge on any atom is 0.261 e. The fourth-order valence-electron chi connectivity index (χ4n) is 3.05. The number of thiazole rings is 1. The van der Waals surface area contributed by atoms with Crippen molar-refractivity contribution in [2.75, 3.05) is 25.0 Å². The summed E-state index contributed by atoms with van der Waals surface area (Å²) >= 11 is 2.80. The van der Waals surface area contributed by atoms with Crippen LogP contribution in [0.2, 0.25) is 0 Å². The summed E-state index contributed by atoms with van der Waals surface area (Å²) < 4.78 is 5.74. The molecular formula is C18H24N4O3S2. The van der Waals surface area contributed by atoms with Crippen LogP contribution in [-0.2, 0) is 16.1 Å². The second-order valence-corrected chi connectivity index (χ2v) is 8.43. The normalized spacial score (nSPS) is 20.4. The Morgan fingerprint density at radius 3 is 2.78 bits per heavy atom. The van der Waals surface area contributed by atoms with Crippen molar-refractivity contribution in [2.24, 2.45) is 0 Å². The van der Waals surface area contributed by atoms with Crippen LogP contribution in [0.3, 0.4) is 0 Å². The third kappa shape index (κ3) is 6.10. The van der Waals surface area contributed by atoms with Crippen molar-refractivity contribution in [2.45, 2.75) is 39.0 Å². The molecule has 9 heteroatoms. The zero-order chi connectivity index (χ0) is 19.2. The van der Waals surface area contributed by atoms with Crippen molar-refractivity contribution in [3.8, 4) is 0 Å². The maximum absolute atomic E-state index is 12.0. The minimum Gasteiger partial charge on any atom is -0.373 e. The first-order valence-corrected chi connectivity index (χ1v) is 10.7. The molecule has 27 heavy (non-hydrogen) atoms. The van der Waals surface area contributed by atoms with Gasteiger partial charge in [-0.1, -0.05) is 6.07 Å². The van der Waals surface area contributed by atoms with E-state index in [-0.39, 0.29) is 30.4 Å². The molecule has 1 saturated heterocycles. The minimum absolute atomic E-state index is 0.150. The number of carbonyl (C=O) groups excluding carboxylic acids is 2. The molecule has 3 heterocycles. The van der Waals surface area contributed by atoms with Gasteiger partial charge in [-0.05, 0) is 25.3 Å². The van der Waals surface area contributed by atoms with Gasteiger partial charge in [0.1, 0.15) is 0 Å². The summed E-state index contributed by atoms with van der Waals surface area (Å²) in [7, 11) is 0. The average molecular weight is 409 g/mol. The van der Waals surface area contributed by atoms with Gasteiger partial charge in [0.2, 0.25) is 5.91 Å². The molecule has 0 aliphatic carbocycles. The van der Waals surface area contributed by atoms with Crippen molar-refractivity contribution in [3.63, 3.8) is 0 Å². The number of hydrogen-bond acceptors (Lipinski definition) is 7. The Balaban J connectivity index is 1.40. The number of nitrogens with one attached hydrogen (secondary N) is 2. The maximum atomic E-state index is 12.0. The van der Waals surface area contributed by atoms with E-state index in [0.717, 1.165) is 25.3 Å². The number of ether oxygens (including phenoxy) is 1. The molecule has 1 aliphatic heterocycles. The van der Waals surface area contributed by atoms with E-state index in [2.05, 4.69) is 34.4 Å². The lowest BCUT2D eigenvalue weighted by atomic mass is 10.2. The predicted molar refractivity (Wildman–Crippen MR) is 107 cm³/mol. The van der Waals surface area contributed by atoms with Gasteiger partial charge in [-0.3, -0.25) is 14.5 Å². The van der Waals surface area contributed by atoms with Crippen LogP contribution in [0.15, 0.2) is 22.9 Å². The molecule has 0 spiro atoms. The van der Waals surface area contributed by atoms with Crippen LogP contribution in [-0.4, -0.2) is 53.5 Å². The zero-order valence-electron chi connectivity index (χ0n) is 15.4. The third-order valence-electron chi connectivity index (χ3n) is 4.06. The summed E-state index contributed by atoms with van der Waals surface area (Å²) in [6, 6.07) is 3.58. The lowest BCUT2D eigenvalue weighted by Crippen LogP contribution is -2.44. The molecule has 146 valence electrons. The molecule has 2 aromatic rings. The molecule has 2 aromatic heterocycles. The van der Waals surface area contributed by atoms with Gasteiger partial charge in [-0.25, -0.2) is 4.98 Å². The van der Waals surface area contributed by atoms with Crippen LogP contribution in [0, 0.1) is 0 Å². The minimum atomic E-state index is -0.156. The number of amides is 2. The highest BCUT2D eigenvalue weighted by atomic mass is 32.1. The highest BCUT2D eigenvalue weighted by Crippen LogP contribution is 2.19. The topological polar surface area (TPSA) is 83.6 Å². The van der Waals surface area contributed by atoms with Gasteiger partial charge in [0.15, 0.2) is 5.13 Å². The fraction of sp³-hybridized carbons (Fsp3) is 0.500. The molecular weight excluding hydrogens is 384 g/mol. The SMILES string of the molecule is C[C@H]1CN(Cc2csc(NC(=O)CCNC(=O)c3cccs3)n2)C[C@H](C)O1. The molecule has 0 aromatic carbocycles. The first kappa shape index (κ1) is 19.9. The van der Waals surface area contributed by atoms with Crippen LogP contribution < -0.4 is 10.6 Å². The Hall–Kier alpha value is -1.81. The van der Waals surface area contributed by atoms with E-state index in [4.69, 9.17) is 4.74 Å². The highest BCUT2D eigenvalue weighted by Gasteiger charge is 2.22. The number of carbonyl (C=O) groups is 2. The molecule has 0 saturated carbocycles. The van der Waals surface area contributed by atoms with E-state index in [0.29, 0.717) is 16.6 Å². The number of aromatic nitrogens is 1. The molecule has 2 atom stereocenters. The van der Waals surface area contributed by atoms with E-state index in [1.54, 1.807) is 6.07 Å². The van der Waals surface area contributed by atoms with E-state index in [9.17, 15) is 9.59 Å². The van der Waals surface area contributed by atoms with E-state index >= 15 is 0 Å². The Morgan fingerprint density at radius 1 is 1.30 bits per heavy atom. The van der Waals surface area contributed by atoms with E-state index in [1.165, 1.54) is 22.7 Å². The van der Waals surface area contributed by atoms with Crippen LogP contribution in [0.1, 0.15) is 35.6 Å². The van der Waals surface area contributed by atoms with Gasteiger partial charge in [-0.15, -0.1) is 22.7 Å². The first-order chi connectivity index (χ1) is 13.0. The zero-order valence-corrected chi connectivity index (χ0v) is 17.1. The van der Waals surface area contributed by atoms with Crippen LogP contribution in [0.25, 0.3) is 0 Å². The number of nitrogens with zero attached hydrogens (tertiary/aromatic N) is 2. The third-order valence-corrected chi connectivity index (χ3v) is 5.74. The van der Waals surface area contributed by atoms with E-state index < -0.39 is 0 Å². The van der Waals surface area contributed by atoms with Crippen molar-refractivity contribution < 1.29 is 14.3 Å². The summed E-state index contributed by atoms with van der Waals surface area (Å²) in [5.41, 5.74) is 0.947. The Kier molecular flexibility index (Phi) is 6.95. The van der Waals surface area contributed by atoms with Crippen LogP contribution in [0.5, 0.6) is 0 Å². The molecule has 1 aliphatic rings. The first-order valence-electron chi connectivity index (χ1n) is 8.93. The fourth-order valence-corrected chi connectivity index (χ4v) is 4.40. The van der Waals surface area contributed by atoms with Crippen molar-refractivity contribution in [1.29, 1.82) is 0 Å². The predicted octanol–water partition coefficient (Wildman–Crippen LogP) is 2.57. The molecule has 2 amide bonds. The largest absolute Gasteiger partial charge is 0.373 e. The summed E-state index contributed by atoms with van der Waals surface area (Å²) in [5.74, 6) is -0.306. The summed E-state index contributed by atoms with van der Waals surface area (Å²) in [6.45, 7) is 6.96. The number of rotatable bonds is 7. The number of hydrogen-bond donors (Lipinski definition) is 2. The van der Waals surface area contributed by atoms with Crippen LogP contribution in [0.4, 0.5) is 5.13 Å². The molecule has 3 rings (SSSR count).